The van der Waals surface area contributed by atoms with Crippen molar-refractivity contribution in [1.29, 1.82) is 0 Å². The van der Waals surface area contributed by atoms with Gasteiger partial charge in [-0.25, -0.2) is 14.5 Å². The molecule has 0 spiro atoms. The van der Waals surface area contributed by atoms with Gasteiger partial charge >= 0.3 is 0 Å². The number of fused-ring (bicyclic) bond motifs is 1. The van der Waals surface area contributed by atoms with E-state index in [9.17, 15) is 0 Å². The third-order valence-electron chi connectivity index (χ3n) is 5.62. The summed E-state index contributed by atoms with van der Waals surface area (Å²) in [6.45, 7) is 10.8. The van der Waals surface area contributed by atoms with Crippen molar-refractivity contribution in [1.82, 2.24) is 15.0 Å². The first-order valence-corrected chi connectivity index (χ1v) is 9.85. The van der Waals surface area contributed by atoms with E-state index in [0.717, 1.165) is 29.1 Å². The van der Waals surface area contributed by atoms with Crippen LogP contribution in [-0.2, 0) is 13.5 Å². The van der Waals surface area contributed by atoms with Gasteiger partial charge in [0.05, 0.1) is 12.6 Å². The van der Waals surface area contributed by atoms with Crippen molar-refractivity contribution < 1.29 is 4.57 Å². The summed E-state index contributed by atoms with van der Waals surface area (Å²) in [5, 5.41) is 0. The molecule has 0 amide bonds. The Kier molecular flexibility index (Phi) is 4.58. The predicted molar refractivity (Wildman–Crippen MR) is 112 cm³/mol. The summed E-state index contributed by atoms with van der Waals surface area (Å²) in [7, 11) is 2.08. The standard InChI is InChI=1S/C24H27N4/c1-14(2)24-25-11-18(12-26-24)19-7-8-20-22(19)27-13-28(6)23(20)21-10-15(3)9-16(4)17(21)5/h7,9-14H,8H2,1-6H3/q+1. The van der Waals surface area contributed by atoms with E-state index in [0.29, 0.717) is 5.92 Å². The molecule has 0 aliphatic heterocycles. The highest BCUT2D eigenvalue weighted by Crippen LogP contribution is 2.36. The molecule has 0 saturated carbocycles. The maximum Gasteiger partial charge on any atom is 0.287 e. The van der Waals surface area contributed by atoms with Crippen LogP contribution in [0.2, 0.25) is 0 Å². The normalized spacial score (nSPS) is 13.0. The Labute approximate surface area is 167 Å². The smallest absolute Gasteiger partial charge is 0.240 e. The van der Waals surface area contributed by atoms with Crippen LogP contribution in [0.15, 0.2) is 36.9 Å². The highest BCUT2D eigenvalue weighted by atomic mass is 15.0. The lowest BCUT2D eigenvalue weighted by Gasteiger charge is -2.13. The monoisotopic (exact) mass is 371 g/mol. The molecule has 0 N–H and O–H groups in total. The lowest BCUT2D eigenvalue weighted by molar-refractivity contribution is -0.663. The van der Waals surface area contributed by atoms with Crippen LogP contribution < -0.4 is 4.57 Å². The van der Waals surface area contributed by atoms with Gasteiger partial charge in [0.2, 0.25) is 0 Å². The zero-order chi connectivity index (χ0) is 20.0. The molecule has 28 heavy (non-hydrogen) atoms. The second-order valence-corrected chi connectivity index (χ2v) is 8.09. The summed E-state index contributed by atoms with van der Waals surface area (Å²) in [5.74, 6) is 1.21. The molecule has 0 fully saturated rings. The van der Waals surface area contributed by atoms with Crippen LogP contribution in [0.5, 0.6) is 0 Å². The summed E-state index contributed by atoms with van der Waals surface area (Å²) in [6, 6.07) is 4.54. The molecule has 1 aliphatic rings. The quantitative estimate of drug-likeness (QED) is 0.641. The van der Waals surface area contributed by atoms with E-state index in [4.69, 9.17) is 4.98 Å². The Morgan fingerprint density at radius 1 is 1.00 bits per heavy atom. The first kappa shape index (κ1) is 18.5. The van der Waals surface area contributed by atoms with Crippen molar-refractivity contribution in [2.45, 2.75) is 47.0 Å². The van der Waals surface area contributed by atoms with Crippen LogP contribution in [0.3, 0.4) is 0 Å². The molecule has 1 aromatic carbocycles. The highest BCUT2D eigenvalue weighted by Gasteiger charge is 2.29. The molecule has 0 unspecified atom stereocenters. The molecule has 1 aliphatic carbocycles. The molecular weight excluding hydrogens is 344 g/mol. The zero-order valence-corrected chi connectivity index (χ0v) is 17.5. The fourth-order valence-electron chi connectivity index (χ4n) is 4.00. The number of nitrogens with zero attached hydrogens (tertiary/aromatic N) is 4. The molecular formula is C24H27N4+. The van der Waals surface area contributed by atoms with Crippen LogP contribution >= 0.6 is 0 Å². The first-order chi connectivity index (χ1) is 13.4. The predicted octanol–water partition coefficient (Wildman–Crippen LogP) is 4.40. The molecule has 4 nitrogen and oxygen atoms in total. The van der Waals surface area contributed by atoms with Crippen molar-refractivity contribution in [2.24, 2.45) is 7.05 Å². The number of benzene rings is 1. The van der Waals surface area contributed by atoms with Gasteiger partial charge in [0.15, 0.2) is 5.69 Å². The van der Waals surface area contributed by atoms with E-state index >= 15 is 0 Å². The molecule has 3 aromatic rings. The van der Waals surface area contributed by atoms with Crippen LogP contribution in [0.25, 0.3) is 16.8 Å². The minimum Gasteiger partial charge on any atom is -0.240 e. The maximum absolute atomic E-state index is 4.77. The number of hydrogen-bond donors (Lipinski definition) is 0. The van der Waals surface area contributed by atoms with E-state index in [2.05, 4.69) is 74.4 Å². The topological polar surface area (TPSA) is 42.5 Å². The molecule has 0 radical (unpaired) electrons. The van der Waals surface area contributed by atoms with E-state index in [1.54, 1.807) is 0 Å². The fourth-order valence-corrected chi connectivity index (χ4v) is 4.00. The van der Waals surface area contributed by atoms with Crippen molar-refractivity contribution in [3.63, 3.8) is 0 Å². The fraction of sp³-hybridized carbons (Fsp3) is 0.333. The van der Waals surface area contributed by atoms with Crippen molar-refractivity contribution in [3.8, 4) is 11.3 Å². The Morgan fingerprint density at radius 3 is 2.39 bits per heavy atom. The Hall–Kier alpha value is -2.88. The molecule has 0 bridgehead atoms. The molecule has 0 atom stereocenters. The summed E-state index contributed by atoms with van der Waals surface area (Å²) in [5.41, 5.74) is 11.0. The van der Waals surface area contributed by atoms with Gasteiger partial charge < -0.3 is 0 Å². The second kappa shape index (κ2) is 6.93. The maximum atomic E-state index is 4.77. The number of aromatic nitrogens is 4. The Bertz CT molecular complexity index is 1090. The van der Waals surface area contributed by atoms with E-state index in [-0.39, 0.29) is 0 Å². The SMILES string of the molecule is Cc1cc(C)c(C)c(-c2c3c(nc[n+]2C)C(c2cnc(C(C)C)nc2)=CC3)c1. The molecule has 2 aromatic heterocycles. The van der Waals surface area contributed by atoms with Crippen molar-refractivity contribution in [2.75, 3.05) is 0 Å². The number of aryl methyl sites for hydroxylation is 3. The summed E-state index contributed by atoms with van der Waals surface area (Å²) < 4.78 is 2.15. The third-order valence-corrected chi connectivity index (χ3v) is 5.62. The van der Waals surface area contributed by atoms with Crippen LogP contribution in [0, 0.1) is 20.8 Å². The largest absolute Gasteiger partial charge is 0.287 e. The van der Waals surface area contributed by atoms with Gasteiger partial charge in [-0.15, -0.1) is 0 Å². The van der Waals surface area contributed by atoms with Gasteiger partial charge in [0, 0.05) is 41.4 Å². The molecule has 4 heteroatoms. The lowest BCUT2D eigenvalue weighted by Crippen LogP contribution is -2.33. The zero-order valence-electron chi connectivity index (χ0n) is 17.5. The van der Waals surface area contributed by atoms with Crippen LogP contribution in [0.4, 0.5) is 0 Å². The van der Waals surface area contributed by atoms with Crippen molar-refractivity contribution in [3.05, 3.63) is 76.3 Å². The Morgan fingerprint density at radius 2 is 1.71 bits per heavy atom. The Balaban J connectivity index is 1.84. The molecule has 142 valence electrons. The van der Waals surface area contributed by atoms with Gasteiger partial charge in [-0.2, -0.15) is 0 Å². The third kappa shape index (κ3) is 3.03. The molecule has 0 saturated heterocycles. The van der Waals surface area contributed by atoms with E-state index < -0.39 is 0 Å². The number of hydrogen-bond acceptors (Lipinski definition) is 3. The summed E-state index contributed by atoms with van der Waals surface area (Å²) in [6.07, 6.45) is 8.92. The first-order valence-electron chi connectivity index (χ1n) is 9.85. The minimum absolute atomic E-state index is 0.329. The van der Waals surface area contributed by atoms with Crippen LogP contribution in [0.1, 0.15) is 59.1 Å². The average Bonchev–Trinajstić information content (AvgIpc) is 3.09. The van der Waals surface area contributed by atoms with Gasteiger partial charge in [-0.3, -0.25) is 0 Å². The van der Waals surface area contributed by atoms with Gasteiger partial charge in [-0.05, 0) is 42.9 Å². The lowest BCUT2D eigenvalue weighted by atomic mass is 9.94. The minimum atomic E-state index is 0.329. The van der Waals surface area contributed by atoms with E-state index in [1.807, 2.05) is 18.7 Å². The van der Waals surface area contributed by atoms with Gasteiger partial charge in [0.1, 0.15) is 11.5 Å². The van der Waals surface area contributed by atoms with Gasteiger partial charge in [-0.1, -0.05) is 31.6 Å². The van der Waals surface area contributed by atoms with E-state index in [1.165, 1.54) is 33.5 Å². The molecule has 4 rings (SSSR count). The average molecular weight is 372 g/mol. The number of allylic oxidation sites excluding steroid dienone is 1. The van der Waals surface area contributed by atoms with Crippen LogP contribution in [-0.4, -0.2) is 15.0 Å². The molecule has 2 heterocycles. The summed E-state index contributed by atoms with van der Waals surface area (Å²) >= 11 is 0. The second-order valence-electron chi connectivity index (χ2n) is 8.09. The summed E-state index contributed by atoms with van der Waals surface area (Å²) in [4.78, 5) is 13.9. The highest BCUT2D eigenvalue weighted by molar-refractivity contribution is 5.85. The van der Waals surface area contributed by atoms with Gasteiger partial charge in [0.25, 0.3) is 6.33 Å². The number of rotatable bonds is 3. The van der Waals surface area contributed by atoms with Crippen molar-refractivity contribution >= 4 is 5.57 Å².